The number of fused-ring (bicyclic) bond motifs is 1. The number of esters is 1. The molecule has 7 nitrogen and oxygen atoms in total. The zero-order valence-electron chi connectivity index (χ0n) is 14.2. The van der Waals surface area contributed by atoms with Crippen LogP contribution in [-0.4, -0.2) is 35.5 Å². The van der Waals surface area contributed by atoms with Gasteiger partial charge in [0.2, 0.25) is 0 Å². The first-order chi connectivity index (χ1) is 12.0. The summed E-state index contributed by atoms with van der Waals surface area (Å²) in [6.07, 6.45) is 1.34. The van der Waals surface area contributed by atoms with E-state index in [0.29, 0.717) is 6.42 Å². The molecule has 1 atom stereocenters. The molecule has 0 bridgehead atoms. The summed E-state index contributed by atoms with van der Waals surface area (Å²) in [5.41, 5.74) is 0.905. The summed E-state index contributed by atoms with van der Waals surface area (Å²) in [5.74, 6) is -1.16. The molecule has 0 spiro atoms. The fraction of sp³-hybridized carbons (Fsp3) is 0.412. The van der Waals surface area contributed by atoms with Crippen molar-refractivity contribution in [2.24, 2.45) is 0 Å². The van der Waals surface area contributed by atoms with Crippen molar-refractivity contribution in [3.05, 3.63) is 29.3 Å². The molecule has 0 saturated carbocycles. The minimum Gasteiger partial charge on any atom is -0.456 e. The molecule has 2 aromatic rings. The average molecular weight is 363 g/mol. The highest BCUT2D eigenvalue weighted by Gasteiger charge is 2.13. The van der Waals surface area contributed by atoms with Crippen LogP contribution in [-0.2, 0) is 20.7 Å². The highest BCUT2D eigenvalue weighted by molar-refractivity contribution is 7.18. The monoisotopic (exact) mass is 363 g/mol. The Balaban J connectivity index is 1.69. The predicted octanol–water partition coefficient (Wildman–Crippen LogP) is 2.40. The van der Waals surface area contributed by atoms with Gasteiger partial charge in [-0.2, -0.15) is 0 Å². The largest absolute Gasteiger partial charge is 0.456 e. The van der Waals surface area contributed by atoms with Crippen molar-refractivity contribution in [1.82, 2.24) is 15.6 Å². The van der Waals surface area contributed by atoms with Crippen LogP contribution in [0.3, 0.4) is 0 Å². The zero-order chi connectivity index (χ0) is 18.2. The topological polar surface area (TPSA) is 97.4 Å². The van der Waals surface area contributed by atoms with E-state index in [1.54, 1.807) is 0 Å². The van der Waals surface area contributed by atoms with E-state index >= 15 is 0 Å². The van der Waals surface area contributed by atoms with Crippen LogP contribution in [0.15, 0.2) is 24.3 Å². The molecule has 3 amide bonds. The summed E-state index contributed by atoms with van der Waals surface area (Å²) < 4.78 is 5.94. The highest BCUT2D eigenvalue weighted by Crippen LogP contribution is 2.22. The second-order valence-corrected chi connectivity index (χ2v) is 6.68. The maximum absolute atomic E-state index is 11.7. The molecule has 0 aliphatic rings. The van der Waals surface area contributed by atoms with Crippen molar-refractivity contribution in [1.29, 1.82) is 0 Å². The van der Waals surface area contributed by atoms with E-state index in [-0.39, 0.29) is 12.5 Å². The maximum Gasteiger partial charge on any atom is 0.321 e. The van der Waals surface area contributed by atoms with E-state index < -0.39 is 24.5 Å². The van der Waals surface area contributed by atoms with E-state index in [4.69, 9.17) is 4.74 Å². The molecular weight excluding hydrogens is 342 g/mol. The predicted molar refractivity (Wildman–Crippen MR) is 95.3 cm³/mol. The molecule has 0 aliphatic carbocycles. The molecule has 0 radical (unpaired) electrons. The Labute approximate surface area is 149 Å². The van der Waals surface area contributed by atoms with Crippen LogP contribution >= 0.6 is 11.3 Å². The van der Waals surface area contributed by atoms with E-state index in [9.17, 15) is 14.4 Å². The van der Waals surface area contributed by atoms with Crippen LogP contribution in [0, 0.1) is 0 Å². The Morgan fingerprint density at radius 2 is 2.04 bits per heavy atom. The first-order valence-corrected chi connectivity index (χ1v) is 8.90. The molecule has 0 saturated heterocycles. The Bertz CT molecular complexity index is 726. The Morgan fingerprint density at radius 1 is 1.28 bits per heavy atom. The lowest BCUT2D eigenvalue weighted by Crippen LogP contribution is -2.44. The van der Waals surface area contributed by atoms with Gasteiger partial charge in [0, 0.05) is 12.5 Å². The van der Waals surface area contributed by atoms with Gasteiger partial charge in [0.15, 0.2) is 6.61 Å². The van der Waals surface area contributed by atoms with Gasteiger partial charge in [-0.15, -0.1) is 11.3 Å². The van der Waals surface area contributed by atoms with Crippen LogP contribution in [0.1, 0.15) is 31.7 Å². The molecule has 0 unspecified atom stereocenters. The maximum atomic E-state index is 11.7. The smallest absolute Gasteiger partial charge is 0.321 e. The number of thiazole rings is 1. The number of ether oxygens (including phenoxy) is 1. The van der Waals surface area contributed by atoms with Gasteiger partial charge in [0.25, 0.3) is 5.91 Å². The molecule has 1 heterocycles. The van der Waals surface area contributed by atoms with E-state index in [2.05, 4.69) is 15.6 Å². The summed E-state index contributed by atoms with van der Waals surface area (Å²) >= 11 is 1.53. The zero-order valence-corrected chi connectivity index (χ0v) is 15.0. The molecule has 2 rings (SSSR count). The number of rotatable bonds is 7. The van der Waals surface area contributed by atoms with Crippen molar-refractivity contribution in [2.75, 3.05) is 6.61 Å². The SMILES string of the molecule is CC[C@H](C)NC(=O)NC(=O)COC(=O)CCc1nc2ccccc2s1. The van der Waals surface area contributed by atoms with Crippen LogP contribution in [0.2, 0.25) is 0 Å². The van der Waals surface area contributed by atoms with Crippen LogP contribution in [0.25, 0.3) is 10.2 Å². The molecule has 0 aliphatic heterocycles. The minimum absolute atomic E-state index is 0.0378. The van der Waals surface area contributed by atoms with Crippen LogP contribution in [0.5, 0.6) is 0 Å². The summed E-state index contributed by atoms with van der Waals surface area (Å²) in [4.78, 5) is 39.2. The third-order valence-electron chi connectivity index (χ3n) is 3.49. The van der Waals surface area contributed by atoms with Crippen molar-refractivity contribution >= 4 is 39.5 Å². The molecule has 2 N–H and O–H groups in total. The van der Waals surface area contributed by atoms with Crippen LogP contribution in [0.4, 0.5) is 4.79 Å². The summed E-state index contributed by atoms with van der Waals surface area (Å²) in [5, 5.41) is 5.55. The number of para-hydroxylation sites is 1. The van der Waals surface area contributed by atoms with Gasteiger partial charge < -0.3 is 10.1 Å². The van der Waals surface area contributed by atoms with E-state index in [1.165, 1.54) is 11.3 Å². The van der Waals surface area contributed by atoms with Gasteiger partial charge in [0.1, 0.15) is 0 Å². The highest BCUT2D eigenvalue weighted by atomic mass is 32.1. The number of aromatic nitrogens is 1. The number of carbonyl (C=O) groups excluding carboxylic acids is 3. The Morgan fingerprint density at radius 3 is 2.76 bits per heavy atom. The minimum atomic E-state index is -0.658. The number of aryl methyl sites for hydroxylation is 1. The third-order valence-corrected chi connectivity index (χ3v) is 4.58. The van der Waals surface area contributed by atoms with Crippen LogP contribution < -0.4 is 10.6 Å². The Kier molecular flexibility index (Phi) is 6.88. The number of hydrogen-bond acceptors (Lipinski definition) is 6. The normalized spacial score (nSPS) is 11.8. The van der Waals surface area contributed by atoms with Crippen molar-refractivity contribution < 1.29 is 19.1 Å². The quantitative estimate of drug-likeness (QED) is 0.736. The van der Waals surface area contributed by atoms with E-state index in [1.807, 2.05) is 38.1 Å². The van der Waals surface area contributed by atoms with Gasteiger partial charge in [-0.1, -0.05) is 19.1 Å². The first kappa shape index (κ1) is 18.9. The lowest BCUT2D eigenvalue weighted by Gasteiger charge is -2.11. The Hall–Kier alpha value is -2.48. The number of urea groups is 1. The van der Waals surface area contributed by atoms with Crippen molar-refractivity contribution in [3.63, 3.8) is 0 Å². The first-order valence-electron chi connectivity index (χ1n) is 8.08. The summed E-state index contributed by atoms with van der Waals surface area (Å²) in [6.45, 7) is 3.26. The lowest BCUT2D eigenvalue weighted by molar-refractivity contribution is -0.148. The number of carbonyl (C=O) groups is 3. The number of nitrogens with one attached hydrogen (secondary N) is 2. The number of benzene rings is 1. The second kappa shape index (κ2) is 9.12. The van der Waals surface area contributed by atoms with Crippen molar-refractivity contribution in [3.8, 4) is 0 Å². The van der Waals surface area contributed by atoms with Gasteiger partial charge in [-0.05, 0) is 25.5 Å². The van der Waals surface area contributed by atoms with Gasteiger partial charge >= 0.3 is 12.0 Å². The average Bonchev–Trinajstić information content (AvgIpc) is 3.00. The second-order valence-electron chi connectivity index (χ2n) is 5.57. The molecular formula is C17H21N3O4S. The van der Waals surface area contributed by atoms with Crippen molar-refractivity contribution in [2.45, 2.75) is 39.2 Å². The molecule has 134 valence electrons. The molecule has 8 heteroatoms. The van der Waals surface area contributed by atoms with E-state index in [0.717, 1.165) is 21.6 Å². The number of hydrogen-bond donors (Lipinski definition) is 2. The fourth-order valence-electron chi connectivity index (χ4n) is 1.98. The molecule has 1 aromatic heterocycles. The number of nitrogens with zero attached hydrogens (tertiary/aromatic N) is 1. The molecule has 0 fully saturated rings. The third kappa shape index (κ3) is 6.15. The van der Waals surface area contributed by atoms with Gasteiger partial charge in [-0.25, -0.2) is 9.78 Å². The van der Waals surface area contributed by atoms with Gasteiger partial charge in [0.05, 0.1) is 21.6 Å². The number of imide groups is 1. The standard InChI is InChI=1S/C17H21N3O4S/c1-3-11(2)18-17(23)20-14(21)10-24-16(22)9-8-15-19-12-6-4-5-7-13(12)25-15/h4-7,11H,3,8-10H2,1-2H3,(H2,18,20,21,23)/t11-/m0/s1. The lowest BCUT2D eigenvalue weighted by atomic mass is 10.3. The fourth-order valence-corrected chi connectivity index (χ4v) is 2.95. The number of amides is 3. The van der Waals surface area contributed by atoms with Gasteiger partial charge in [-0.3, -0.25) is 14.9 Å². The summed E-state index contributed by atoms with van der Waals surface area (Å²) in [6, 6.07) is 7.12. The summed E-state index contributed by atoms with van der Waals surface area (Å²) in [7, 11) is 0. The molecule has 1 aromatic carbocycles. The molecule has 25 heavy (non-hydrogen) atoms.